The zero-order chi connectivity index (χ0) is 13.1. The first kappa shape index (κ1) is 12.6. The average Bonchev–Trinajstić information content (AvgIpc) is 2.86. The molecule has 0 fully saturated rings. The van der Waals surface area contributed by atoms with Crippen molar-refractivity contribution in [1.82, 2.24) is 5.32 Å². The van der Waals surface area contributed by atoms with Gasteiger partial charge in [-0.05, 0) is 36.8 Å². The molecule has 2 rings (SSSR count). The van der Waals surface area contributed by atoms with Crippen LogP contribution in [0.15, 0.2) is 34.9 Å². The van der Waals surface area contributed by atoms with Crippen molar-refractivity contribution in [1.29, 1.82) is 0 Å². The summed E-state index contributed by atoms with van der Waals surface area (Å²) in [5.41, 5.74) is 0.418. The minimum atomic E-state index is -0.961. The SMILES string of the molecule is C[C@@H](NCc1cc(F)c(O)c(F)c1)c1ccco1. The van der Waals surface area contributed by atoms with E-state index in [0.29, 0.717) is 5.56 Å². The molecule has 0 unspecified atom stereocenters. The molecule has 0 aliphatic heterocycles. The Hall–Kier alpha value is -1.88. The fraction of sp³-hybridized carbons (Fsp3) is 0.231. The third-order valence-electron chi connectivity index (χ3n) is 2.66. The number of phenols is 1. The number of aromatic hydroxyl groups is 1. The van der Waals surface area contributed by atoms with Crippen molar-refractivity contribution in [3.63, 3.8) is 0 Å². The lowest BCUT2D eigenvalue weighted by atomic mass is 10.1. The molecule has 0 bridgehead atoms. The molecule has 2 N–H and O–H groups in total. The zero-order valence-electron chi connectivity index (χ0n) is 9.78. The van der Waals surface area contributed by atoms with E-state index >= 15 is 0 Å². The highest BCUT2D eigenvalue weighted by molar-refractivity contribution is 5.30. The maximum Gasteiger partial charge on any atom is 0.187 e. The summed E-state index contributed by atoms with van der Waals surface area (Å²) in [6.07, 6.45) is 1.56. The summed E-state index contributed by atoms with van der Waals surface area (Å²) < 4.78 is 31.4. The smallest absolute Gasteiger partial charge is 0.187 e. The van der Waals surface area contributed by atoms with Gasteiger partial charge in [-0.1, -0.05) is 0 Å². The molecule has 2 aromatic rings. The molecule has 1 aromatic heterocycles. The van der Waals surface area contributed by atoms with E-state index in [-0.39, 0.29) is 12.6 Å². The summed E-state index contributed by atoms with van der Waals surface area (Å²) in [7, 11) is 0. The predicted molar refractivity (Wildman–Crippen MR) is 62.0 cm³/mol. The molecule has 1 atom stereocenters. The maximum absolute atomic E-state index is 13.1. The number of phenolic OH excluding ortho intramolecular Hbond substituents is 1. The van der Waals surface area contributed by atoms with E-state index in [1.165, 1.54) is 0 Å². The van der Waals surface area contributed by atoms with E-state index in [1.54, 1.807) is 12.3 Å². The van der Waals surface area contributed by atoms with Gasteiger partial charge in [-0.3, -0.25) is 0 Å². The Morgan fingerprint density at radius 2 is 2.00 bits per heavy atom. The van der Waals surface area contributed by atoms with Crippen LogP contribution in [-0.4, -0.2) is 5.11 Å². The van der Waals surface area contributed by atoms with Crippen LogP contribution in [0.1, 0.15) is 24.3 Å². The Balaban J connectivity index is 2.02. The number of hydrogen-bond donors (Lipinski definition) is 2. The van der Waals surface area contributed by atoms with E-state index in [0.717, 1.165) is 17.9 Å². The molecule has 18 heavy (non-hydrogen) atoms. The van der Waals surface area contributed by atoms with Crippen LogP contribution in [0.4, 0.5) is 8.78 Å². The third kappa shape index (κ3) is 2.68. The molecule has 0 spiro atoms. The number of rotatable bonds is 4. The van der Waals surface area contributed by atoms with Crippen LogP contribution in [0, 0.1) is 11.6 Å². The summed E-state index contributed by atoms with van der Waals surface area (Å²) in [5.74, 6) is -2.12. The molecule has 1 heterocycles. The summed E-state index contributed by atoms with van der Waals surface area (Å²) in [4.78, 5) is 0. The third-order valence-corrected chi connectivity index (χ3v) is 2.66. The lowest BCUT2D eigenvalue weighted by Crippen LogP contribution is -2.17. The van der Waals surface area contributed by atoms with Gasteiger partial charge in [0.1, 0.15) is 5.76 Å². The van der Waals surface area contributed by atoms with Crippen LogP contribution >= 0.6 is 0 Å². The van der Waals surface area contributed by atoms with Crippen molar-refractivity contribution < 1.29 is 18.3 Å². The number of furan rings is 1. The van der Waals surface area contributed by atoms with Crippen LogP contribution in [0.25, 0.3) is 0 Å². The van der Waals surface area contributed by atoms with E-state index < -0.39 is 17.4 Å². The van der Waals surface area contributed by atoms with Crippen LogP contribution in [0.5, 0.6) is 5.75 Å². The Morgan fingerprint density at radius 3 is 2.56 bits per heavy atom. The average molecular weight is 253 g/mol. The topological polar surface area (TPSA) is 45.4 Å². The van der Waals surface area contributed by atoms with Gasteiger partial charge in [0.25, 0.3) is 0 Å². The van der Waals surface area contributed by atoms with Crippen molar-refractivity contribution in [2.24, 2.45) is 0 Å². The van der Waals surface area contributed by atoms with Crippen LogP contribution in [0.2, 0.25) is 0 Å². The quantitative estimate of drug-likeness (QED) is 0.880. The van der Waals surface area contributed by atoms with E-state index in [2.05, 4.69) is 5.32 Å². The molecule has 0 saturated carbocycles. The van der Waals surface area contributed by atoms with Crippen LogP contribution in [0.3, 0.4) is 0 Å². The van der Waals surface area contributed by atoms with Crippen LogP contribution < -0.4 is 5.32 Å². The molecule has 1 aromatic carbocycles. The summed E-state index contributed by atoms with van der Waals surface area (Å²) >= 11 is 0. The van der Waals surface area contributed by atoms with Gasteiger partial charge >= 0.3 is 0 Å². The summed E-state index contributed by atoms with van der Waals surface area (Å²) in [5, 5.41) is 12.0. The molecule has 96 valence electrons. The molecule has 0 aliphatic rings. The zero-order valence-corrected chi connectivity index (χ0v) is 9.78. The first-order valence-electron chi connectivity index (χ1n) is 5.51. The fourth-order valence-electron chi connectivity index (χ4n) is 1.63. The minimum Gasteiger partial charge on any atom is -0.503 e. The van der Waals surface area contributed by atoms with Gasteiger partial charge in [0.15, 0.2) is 17.4 Å². The monoisotopic (exact) mass is 253 g/mol. The second-order valence-corrected chi connectivity index (χ2v) is 4.03. The van der Waals surface area contributed by atoms with Gasteiger partial charge in [0.2, 0.25) is 0 Å². The van der Waals surface area contributed by atoms with Gasteiger partial charge in [0.05, 0.1) is 12.3 Å². The second-order valence-electron chi connectivity index (χ2n) is 4.03. The summed E-state index contributed by atoms with van der Waals surface area (Å²) in [6, 6.07) is 5.71. The van der Waals surface area contributed by atoms with Crippen molar-refractivity contribution in [2.45, 2.75) is 19.5 Å². The minimum absolute atomic E-state index is 0.0695. The first-order chi connectivity index (χ1) is 8.58. The molecular formula is C13H13F2NO2. The fourth-order valence-corrected chi connectivity index (χ4v) is 1.63. The van der Waals surface area contributed by atoms with Gasteiger partial charge in [0, 0.05) is 6.54 Å². The molecule has 5 heteroatoms. The van der Waals surface area contributed by atoms with Crippen molar-refractivity contribution >= 4 is 0 Å². The Labute approximate surface area is 103 Å². The molecule has 0 amide bonds. The van der Waals surface area contributed by atoms with E-state index in [4.69, 9.17) is 9.52 Å². The predicted octanol–water partition coefficient (Wildman–Crippen LogP) is 3.11. The normalized spacial score (nSPS) is 12.6. The van der Waals surface area contributed by atoms with Crippen molar-refractivity contribution in [2.75, 3.05) is 0 Å². The standard InChI is InChI=1S/C13H13F2NO2/c1-8(12-3-2-4-18-12)16-7-9-5-10(14)13(17)11(15)6-9/h2-6,8,16-17H,7H2,1H3/t8-/m1/s1. The van der Waals surface area contributed by atoms with Gasteiger partial charge in [-0.2, -0.15) is 0 Å². The van der Waals surface area contributed by atoms with Crippen molar-refractivity contribution in [3.05, 3.63) is 53.5 Å². The molecule has 0 saturated heterocycles. The number of nitrogens with one attached hydrogen (secondary N) is 1. The highest BCUT2D eigenvalue weighted by Crippen LogP contribution is 2.22. The summed E-state index contributed by atoms with van der Waals surface area (Å²) in [6.45, 7) is 2.15. The highest BCUT2D eigenvalue weighted by atomic mass is 19.1. The Morgan fingerprint density at radius 1 is 1.33 bits per heavy atom. The molecule has 0 aliphatic carbocycles. The number of benzene rings is 1. The Bertz CT molecular complexity index is 503. The second kappa shape index (κ2) is 5.18. The number of hydrogen-bond acceptors (Lipinski definition) is 3. The lowest BCUT2D eigenvalue weighted by Gasteiger charge is -2.11. The number of halogens is 2. The molecular weight excluding hydrogens is 240 g/mol. The van der Waals surface area contributed by atoms with Gasteiger partial charge < -0.3 is 14.8 Å². The van der Waals surface area contributed by atoms with Crippen LogP contribution in [-0.2, 0) is 6.54 Å². The largest absolute Gasteiger partial charge is 0.503 e. The molecule has 0 radical (unpaired) electrons. The van der Waals surface area contributed by atoms with E-state index in [1.807, 2.05) is 13.0 Å². The van der Waals surface area contributed by atoms with Gasteiger partial charge in [-0.15, -0.1) is 0 Å². The molecule has 3 nitrogen and oxygen atoms in total. The van der Waals surface area contributed by atoms with Gasteiger partial charge in [-0.25, -0.2) is 8.78 Å². The van der Waals surface area contributed by atoms with E-state index in [9.17, 15) is 8.78 Å². The maximum atomic E-state index is 13.1. The van der Waals surface area contributed by atoms with Crippen molar-refractivity contribution in [3.8, 4) is 5.75 Å². The first-order valence-corrected chi connectivity index (χ1v) is 5.51. The lowest BCUT2D eigenvalue weighted by molar-refractivity contribution is 0.393. The highest BCUT2D eigenvalue weighted by Gasteiger charge is 2.11. The Kier molecular flexibility index (Phi) is 3.62.